The molecule has 0 N–H and O–H groups in total. The lowest BCUT2D eigenvalue weighted by Gasteiger charge is -2.21. The topological polar surface area (TPSA) is 33.5 Å². The van der Waals surface area contributed by atoms with E-state index in [2.05, 4.69) is 0 Å². The predicted molar refractivity (Wildman–Crippen MR) is 53.5 cm³/mol. The van der Waals surface area contributed by atoms with Crippen LogP contribution in [0.4, 0.5) is 0 Å². The lowest BCUT2D eigenvalue weighted by atomic mass is 10.2. The smallest absolute Gasteiger partial charge is 0.289 e. The number of furan rings is 1. The zero-order chi connectivity index (χ0) is 9.97. The highest BCUT2D eigenvalue weighted by Gasteiger charge is 2.29. The monoisotopic (exact) mass is 213 g/mol. The molecule has 0 spiro atoms. The molecule has 1 unspecified atom stereocenters. The van der Waals surface area contributed by atoms with Crippen LogP contribution in [0, 0.1) is 0 Å². The fraction of sp³-hybridized carbons (Fsp3) is 0.500. The standard InChI is InChI=1S/C10H12ClNO2/c11-7-8-3-1-5-12(8)10(13)9-4-2-6-14-9/h2,4,6,8H,1,3,5,7H2. The maximum Gasteiger partial charge on any atom is 0.289 e. The van der Waals surface area contributed by atoms with Crippen LogP contribution in [0.1, 0.15) is 23.4 Å². The predicted octanol–water partition coefficient (Wildman–Crippen LogP) is 2.12. The van der Waals surface area contributed by atoms with Gasteiger partial charge in [-0.15, -0.1) is 11.6 Å². The minimum Gasteiger partial charge on any atom is -0.459 e. The summed E-state index contributed by atoms with van der Waals surface area (Å²) in [6.07, 6.45) is 3.54. The average Bonchev–Trinajstić information content (AvgIpc) is 2.87. The molecule has 1 fully saturated rings. The second kappa shape index (κ2) is 4.05. The fourth-order valence-electron chi connectivity index (χ4n) is 1.81. The van der Waals surface area contributed by atoms with Crippen molar-refractivity contribution < 1.29 is 9.21 Å². The molecule has 0 radical (unpaired) electrons. The van der Waals surface area contributed by atoms with Gasteiger partial charge in [-0.05, 0) is 25.0 Å². The maximum absolute atomic E-state index is 11.9. The Morgan fingerprint density at radius 1 is 1.71 bits per heavy atom. The quantitative estimate of drug-likeness (QED) is 0.706. The number of nitrogens with zero attached hydrogens (tertiary/aromatic N) is 1. The maximum atomic E-state index is 11.9. The Balaban J connectivity index is 2.11. The Kier molecular flexibility index (Phi) is 2.77. The van der Waals surface area contributed by atoms with Crippen molar-refractivity contribution in [3.05, 3.63) is 24.2 Å². The second-order valence-electron chi connectivity index (χ2n) is 3.43. The van der Waals surface area contributed by atoms with Gasteiger partial charge in [-0.1, -0.05) is 0 Å². The largest absolute Gasteiger partial charge is 0.459 e. The molecule has 1 amide bonds. The van der Waals surface area contributed by atoms with E-state index >= 15 is 0 Å². The molecule has 1 aliphatic rings. The summed E-state index contributed by atoms with van der Waals surface area (Å²) in [6.45, 7) is 0.789. The van der Waals surface area contributed by atoms with E-state index in [1.807, 2.05) is 0 Å². The molecule has 1 aromatic heterocycles. The molecule has 4 heteroatoms. The van der Waals surface area contributed by atoms with Gasteiger partial charge in [-0.25, -0.2) is 0 Å². The summed E-state index contributed by atoms with van der Waals surface area (Å²) in [4.78, 5) is 13.6. The first-order valence-corrected chi connectivity index (χ1v) is 5.27. The zero-order valence-electron chi connectivity index (χ0n) is 7.78. The van der Waals surface area contributed by atoms with Crippen molar-refractivity contribution in [2.75, 3.05) is 12.4 Å². The normalized spacial score (nSPS) is 21.5. The zero-order valence-corrected chi connectivity index (χ0v) is 8.54. The molecule has 14 heavy (non-hydrogen) atoms. The molecule has 1 saturated heterocycles. The van der Waals surface area contributed by atoms with Gasteiger partial charge >= 0.3 is 0 Å². The number of carbonyl (C=O) groups excluding carboxylic acids is 1. The Labute approximate surface area is 87.6 Å². The first kappa shape index (κ1) is 9.59. The van der Waals surface area contributed by atoms with Crippen LogP contribution in [0.2, 0.25) is 0 Å². The molecule has 2 heterocycles. The van der Waals surface area contributed by atoms with Crippen molar-refractivity contribution >= 4 is 17.5 Å². The summed E-state index contributed by atoms with van der Waals surface area (Å²) in [5.41, 5.74) is 0. The molecule has 2 rings (SSSR count). The van der Waals surface area contributed by atoms with Gasteiger partial charge in [-0.3, -0.25) is 4.79 Å². The van der Waals surface area contributed by atoms with Crippen LogP contribution in [0.3, 0.4) is 0 Å². The van der Waals surface area contributed by atoms with E-state index < -0.39 is 0 Å². The first-order valence-electron chi connectivity index (χ1n) is 4.73. The fourth-order valence-corrected chi connectivity index (χ4v) is 2.13. The second-order valence-corrected chi connectivity index (χ2v) is 3.73. The highest BCUT2D eigenvalue weighted by Crippen LogP contribution is 2.20. The number of halogens is 1. The van der Waals surface area contributed by atoms with Crippen molar-refractivity contribution in [1.82, 2.24) is 4.90 Å². The van der Waals surface area contributed by atoms with E-state index in [1.165, 1.54) is 6.26 Å². The average molecular weight is 214 g/mol. The summed E-state index contributed by atoms with van der Waals surface area (Å²) < 4.78 is 5.07. The molecule has 1 atom stereocenters. The van der Waals surface area contributed by atoms with Crippen molar-refractivity contribution in [3.8, 4) is 0 Å². The minimum absolute atomic E-state index is 0.0434. The Morgan fingerprint density at radius 3 is 3.21 bits per heavy atom. The summed E-state index contributed by atoms with van der Waals surface area (Å²) in [5, 5.41) is 0. The van der Waals surface area contributed by atoms with Crippen molar-refractivity contribution in [2.24, 2.45) is 0 Å². The van der Waals surface area contributed by atoms with Gasteiger partial charge < -0.3 is 9.32 Å². The van der Waals surface area contributed by atoms with Crippen molar-refractivity contribution in [3.63, 3.8) is 0 Å². The SMILES string of the molecule is O=C(c1ccco1)N1CCCC1CCl. The highest BCUT2D eigenvalue weighted by atomic mass is 35.5. The van der Waals surface area contributed by atoms with E-state index in [4.69, 9.17) is 16.0 Å². The summed E-state index contributed by atoms with van der Waals surface area (Å²) >= 11 is 5.78. The molecule has 0 aromatic carbocycles. The van der Waals surface area contributed by atoms with E-state index in [1.54, 1.807) is 17.0 Å². The summed E-state index contributed by atoms with van der Waals surface area (Å²) in [7, 11) is 0. The number of likely N-dealkylation sites (tertiary alicyclic amines) is 1. The summed E-state index contributed by atoms with van der Waals surface area (Å²) in [6, 6.07) is 3.58. The lowest BCUT2D eigenvalue weighted by Crippen LogP contribution is -2.36. The van der Waals surface area contributed by atoms with Gasteiger partial charge in [0, 0.05) is 18.5 Å². The molecular formula is C10H12ClNO2. The Morgan fingerprint density at radius 2 is 2.57 bits per heavy atom. The molecule has 1 aliphatic heterocycles. The van der Waals surface area contributed by atoms with Gasteiger partial charge in [-0.2, -0.15) is 0 Å². The van der Waals surface area contributed by atoms with Crippen LogP contribution < -0.4 is 0 Å². The molecular weight excluding hydrogens is 202 g/mol. The third-order valence-electron chi connectivity index (χ3n) is 2.55. The van der Waals surface area contributed by atoms with Crippen LogP contribution >= 0.6 is 11.6 Å². The Bertz CT molecular complexity index is 310. The number of alkyl halides is 1. The van der Waals surface area contributed by atoms with Crippen LogP contribution in [-0.2, 0) is 0 Å². The van der Waals surface area contributed by atoms with Crippen LogP contribution in [-0.4, -0.2) is 29.3 Å². The first-order chi connectivity index (χ1) is 6.83. The molecule has 0 bridgehead atoms. The van der Waals surface area contributed by atoms with Gasteiger partial charge in [0.15, 0.2) is 5.76 Å². The number of hydrogen-bond donors (Lipinski definition) is 0. The van der Waals surface area contributed by atoms with Gasteiger partial charge in [0.2, 0.25) is 0 Å². The highest BCUT2D eigenvalue weighted by molar-refractivity contribution is 6.18. The van der Waals surface area contributed by atoms with E-state index in [-0.39, 0.29) is 11.9 Å². The lowest BCUT2D eigenvalue weighted by molar-refractivity contribution is 0.0717. The number of amides is 1. The molecule has 3 nitrogen and oxygen atoms in total. The van der Waals surface area contributed by atoms with Gasteiger partial charge in [0.1, 0.15) is 0 Å². The molecule has 1 aromatic rings. The van der Waals surface area contributed by atoms with Gasteiger partial charge in [0.25, 0.3) is 5.91 Å². The number of carbonyl (C=O) groups is 1. The van der Waals surface area contributed by atoms with E-state index in [0.717, 1.165) is 19.4 Å². The molecule has 76 valence electrons. The van der Waals surface area contributed by atoms with Crippen LogP contribution in [0.25, 0.3) is 0 Å². The third-order valence-corrected chi connectivity index (χ3v) is 2.90. The van der Waals surface area contributed by atoms with Crippen LogP contribution in [0.5, 0.6) is 0 Å². The minimum atomic E-state index is -0.0434. The molecule has 0 saturated carbocycles. The number of rotatable bonds is 2. The van der Waals surface area contributed by atoms with Crippen LogP contribution in [0.15, 0.2) is 22.8 Å². The summed E-state index contributed by atoms with van der Waals surface area (Å²) in [5.74, 6) is 0.868. The van der Waals surface area contributed by atoms with Crippen molar-refractivity contribution in [1.29, 1.82) is 0 Å². The van der Waals surface area contributed by atoms with E-state index in [0.29, 0.717) is 11.6 Å². The van der Waals surface area contributed by atoms with Crippen molar-refractivity contribution in [2.45, 2.75) is 18.9 Å². The van der Waals surface area contributed by atoms with E-state index in [9.17, 15) is 4.79 Å². The number of hydrogen-bond acceptors (Lipinski definition) is 2. The Hall–Kier alpha value is -0.960. The molecule has 0 aliphatic carbocycles. The third kappa shape index (κ3) is 1.64. The van der Waals surface area contributed by atoms with Gasteiger partial charge in [0.05, 0.1) is 6.26 Å².